The number of ether oxygens (including phenoxy) is 1. The Bertz CT molecular complexity index is 738. The van der Waals surface area contributed by atoms with Crippen molar-refractivity contribution in [3.8, 4) is 0 Å². The highest BCUT2D eigenvalue weighted by atomic mass is 32.2. The summed E-state index contributed by atoms with van der Waals surface area (Å²) in [5, 5.41) is 5.43. The van der Waals surface area contributed by atoms with E-state index < -0.39 is 0 Å². The van der Waals surface area contributed by atoms with Gasteiger partial charge in [0.2, 0.25) is 0 Å². The van der Waals surface area contributed by atoms with Gasteiger partial charge in [0.25, 0.3) is 0 Å². The van der Waals surface area contributed by atoms with Crippen LogP contribution in [0.1, 0.15) is 66.8 Å². The van der Waals surface area contributed by atoms with Crippen molar-refractivity contribution in [3.63, 3.8) is 0 Å². The first kappa shape index (κ1) is 19.0. The van der Waals surface area contributed by atoms with Gasteiger partial charge < -0.3 is 9.72 Å². The van der Waals surface area contributed by atoms with E-state index in [1.165, 1.54) is 25.7 Å². The molecule has 2 atom stereocenters. The Labute approximate surface area is 159 Å². The molecular weight excluding hydrogens is 348 g/mol. The maximum atomic E-state index is 12.2. The zero-order valence-corrected chi connectivity index (χ0v) is 16.8. The summed E-state index contributed by atoms with van der Waals surface area (Å²) in [6.07, 6.45) is 5.02. The molecule has 1 aliphatic heterocycles. The summed E-state index contributed by atoms with van der Waals surface area (Å²) in [4.78, 5) is 20.3. The third kappa shape index (κ3) is 3.98. The average molecular weight is 377 g/mol. The van der Waals surface area contributed by atoms with Gasteiger partial charge in [-0.15, -0.1) is 0 Å². The molecule has 0 spiro atoms. The van der Waals surface area contributed by atoms with Crippen LogP contribution < -0.4 is 5.43 Å². The van der Waals surface area contributed by atoms with Gasteiger partial charge in [0.15, 0.2) is 5.17 Å². The molecule has 0 amide bonds. The zero-order valence-electron chi connectivity index (χ0n) is 16.0. The number of aromatic nitrogens is 1. The van der Waals surface area contributed by atoms with Gasteiger partial charge in [-0.25, -0.2) is 4.79 Å². The van der Waals surface area contributed by atoms with E-state index in [1.54, 1.807) is 11.8 Å². The highest BCUT2D eigenvalue weighted by Crippen LogP contribution is 2.28. The fourth-order valence-electron chi connectivity index (χ4n) is 3.70. The fraction of sp³-hybridized carbons (Fsp3) is 0.632. The van der Waals surface area contributed by atoms with Crippen molar-refractivity contribution >= 4 is 28.6 Å². The van der Waals surface area contributed by atoms with Gasteiger partial charge in [0, 0.05) is 11.4 Å². The zero-order chi connectivity index (χ0) is 18.7. The van der Waals surface area contributed by atoms with Crippen LogP contribution in [-0.4, -0.2) is 40.2 Å². The number of rotatable bonds is 4. The van der Waals surface area contributed by atoms with E-state index in [1.807, 2.05) is 20.8 Å². The van der Waals surface area contributed by atoms with E-state index >= 15 is 0 Å². The summed E-state index contributed by atoms with van der Waals surface area (Å²) in [6, 6.07) is 0.403. The van der Waals surface area contributed by atoms with E-state index in [4.69, 9.17) is 9.73 Å². The summed E-state index contributed by atoms with van der Waals surface area (Å²) < 4.78 is 5.16. The summed E-state index contributed by atoms with van der Waals surface area (Å²) in [5.74, 6) is 1.09. The first-order chi connectivity index (χ1) is 12.5. The van der Waals surface area contributed by atoms with Crippen LogP contribution in [0.5, 0.6) is 0 Å². The number of hydrogen-bond acceptors (Lipinski definition) is 5. The summed E-state index contributed by atoms with van der Waals surface area (Å²) >= 11 is 1.68. The van der Waals surface area contributed by atoms with Crippen LogP contribution in [0.4, 0.5) is 0 Å². The van der Waals surface area contributed by atoms with Crippen molar-refractivity contribution in [2.24, 2.45) is 16.0 Å². The molecule has 2 unspecified atom stereocenters. The Morgan fingerprint density at radius 1 is 1.35 bits per heavy atom. The Hall–Kier alpha value is -1.76. The van der Waals surface area contributed by atoms with Crippen LogP contribution in [0, 0.1) is 19.8 Å². The molecule has 1 saturated carbocycles. The molecule has 0 saturated heterocycles. The van der Waals surface area contributed by atoms with Crippen LogP contribution in [0.25, 0.3) is 0 Å². The van der Waals surface area contributed by atoms with Crippen molar-refractivity contribution in [1.82, 2.24) is 10.4 Å². The van der Waals surface area contributed by atoms with Gasteiger partial charge >= 0.3 is 5.97 Å². The molecule has 3 rings (SSSR count). The smallest absolute Gasteiger partial charge is 0.340 e. The molecule has 0 radical (unpaired) electrons. The minimum atomic E-state index is -0.282. The number of hydrazone groups is 1. The summed E-state index contributed by atoms with van der Waals surface area (Å²) in [6.45, 7) is 8.31. The second kappa shape index (κ2) is 8.29. The normalized spacial score (nSPS) is 24.9. The number of carbonyl (C=O) groups is 1. The maximum absolute atomic E-state index is 12.2. The van der Waals surface area contributed by atoms with E-state index in [2.05, 4.69) is 22.4 Å². The molecule has 0 bridgehead atoms. The van der Waals surface area contributed by atoms with Crippen LogP contribution in [0.3, 0.4) is 0 Å². The fourth-order valence-corrected chi connectivity index (χ4v) is 4.50. The quantitative estimate of drug-likeness (QED) is 0.784. The van der Waals surface area contributed by atoms with Gasteiger partial charge in [-0.05, 0) is 45.1 Å². The lowest BCUT2D eigenvalue weighted by Crippen LogP contribution is -2.29. The number of nitrogens with one attached hydrogen (secondary N) is 2. The Morgan fingerprint density at radius 2 is 2.12 bits per heavy atom. The van der Waals surface area contributed by atoms with Crippen LogP contribution in [0.2, 0.25) is 0 Å². The van der Waals surface area contributed by atoms with Gasteiger partial charge in [-0.1, -0.05) is 31.5 Å². The number of thioether (sulfide) groups is 1. The van der Waals surface area contributed by atoms with Gasteiger partial charge in [0.05, 0.1) is 29.6 Å². The van der Waals surface area contributed by atoms with Crippen molar-refractivity contribution in [1.29, 1.82) is 0 Å². The molecule has 142 valence electrons. The first-order valence-electron chi connectivity index (χ1n) is 9.41. The number of H-pyrrole nitrogens is 1. The SMILES string of the molecule is CCOC(=O)c1c(C)[nH]c(C2=NNC(=NC3CCCCC3C)SC2)c1C. The topological polar surface area (TPSA) is 78.8 Å². The number of amidine groups is 1. The molecule has 0 aromatic carbocycles. The summed E-state index contributed by atoms with van der Waals surface area (Å²) in [5.41, 5.74) is 7.24. The molecule has 26 heavy (non-hydrogen) atoms. The van der Waals surface area contributed by atoms with Crippen LogP contribution in [0.15, 0.2) is 10.1 Å². The second-order valence-corrected chi connectivity index (χ2v) is 8.03. The lowest BCUT2D eigenvalue weighted by atomic mass is 9.86. The molecule has 1 aliphatic carbocycles. The van der Waals surface area contributed by atoms with Crippen molar-refractivity contribution in [2.75, 3.05) is 12.4 Å². The van der Waals surface area contributed by atoms with Crippen molar-refractivity contribution < 1.29 is 9.53 Å². The maximum Gasteiger partial charge on any atom is 0.340 e. The van der Waals surface area contributed by atoms with E-state index in [0.29, 0.717) is 24.1 Å². The Kier molecular flexibility index (Phi) is 6.06. The van der Waals surface area contributed by atoms with Crippen LogP contribution >= 0.6 is 11.8 Å². The Morgan fingerprint density at radius 3 is 2.77 bits per heavy atom. The highest BCUT2D eigenvalue weighted by molar-refractivity contribution is 8.14. The van der Waals surface area contributed by atoms with E-state index in [0.717, 1.165) is 33.6 Å². The molecule has 1 aromatic rings. The molecule has 2 N–H and O–H groups in total. The number of esters is 1. The molecule has 7 heteroatoms. The Balaban J connectivity index is 1.75. The number of hydrogen-bond donors (Lipinski definition) is 2. The molecule has 1 fully saturated rings. The third-order valence-corrected chi connectivity index (χ3v) is 6.07. The largest absolute Gasteiger partial charge is 0.462 e. The van der Waals surface area contributed by atoms with Gasteiger partial charge in [0.1, 0.15) is 0 Å². The van der Waals surface area contributed by atoms with Crippen molar-refractivity contribution in [2.45, 2.75) is 59.4 Å². The standard InChI is InChI=1S/C19H28N4O2S/c1-5-25-18(24)16-12(3)17(20-13(16)4)15-10-26-19(23-22-15)21-14-9-7-6-8-11(14)2/h11,14,20H,5-10H2,1-4H3,(H,21,23). The predicted molar refractivity (Wildman–Crippen MR) is 107 cm³/mol. The molecule has 6 nitrogen and oxygen atoms in total. The monoisotopic (exact) mass is 376 g/mol. The van der Waals surface area contributed by atoms with Crippen LogP contribution in [-0.2, 0) is 4.74 Å². The predicted octanol–water partition coefficient (Wildman–Crippen LogP) is 3.78. The molecule has 1 aromatic heterocycles. The first-order valence-corrected chi connectivity index (χ1v) is 10.4. The number of aromatic amines is 1. The van der Waals surface area contributed by atoms with Gasteiger partial charge in [-0.2, -0.15) is 5.10 Å². The van der Waals surface area contributed by atoms with E-state index in [-0.39, 0.29) is 5.97 Å². The minimum Gasteiger partial charge on any atom is -0.462 e. The third-order valence-electron chi connectivity index (χ3n) is 5.19. The molecule has 2 aliphatic rings. The molecule has 2 heterocycles. The lowest BCUT2D eigenvalue weighted by molar-refractivity contribution is 0.0525. The van der Waals surface area contributed by atoms with Gasteiger partial charge in [-0.3, -0.25) is 10.4 Å². The lowest BCUT2D eigenvalue weighted by Gasteiger charge is -2.26. The number of aryl methyl sites for hydroxylation is 1. The van der Waals surface area contributed by atoms with E-state index in [9.17, 15) is 4.79 Å². The van der Waals surface area contributed by atoms with Crippen molar-refractivity contribution in [3.05, 3.63) is 22.5 Å². The second-order valence-electron chi connectivity index (χ2n) is 7.07. The summed E-state index contributed by atoms with van der Waals surface area (Å²) in [7, 11) is 0. The highest BCUT2D eigenvalue weighted by Gasteiger charge is 2.25. The average Bonchev–Trinajstić information content (AvgIpc) is 2.92. The number of carbonyl (C=O) groups excluding carboxylic acids is 1. The number of aliphatic imine (C=N–C) groups is 1. The minimum absolute atomic E-state index is 0.282. The number of nitrogens with zero attached hydrogens (tertiary/aromatic N) is 2. The molecular formula is C19H28N4O2S.